The number of aliphatic hydroxyl groups excluding tert-OH is 1. The molecule has 18 heavy (non-hydrogen) atoms. The van der Waals surface area contributed by atoms with Gasteiger partial charge in [-0.1, -0.05) is 0 Å². The van der Waals surface area contributed by atoms with Gasteiger partial charge in [0.15, 0.2) is 0 Å². The summed E-state index contributed by atoms with van der Waals surface area (Å²) in [4.78, 5) is 11.8. The van der Waals surface area contributed by atoms with Gasteiger partial charge in [0.25, 0.3) is 0 Å². The Kier molecular flexibility index (Phi) is 4.95. The van der Waals surface area contributed by atoms with E-state index in [2.05, 4.69) is 5.32 Å². The van der Waals surface area contributed by atoms with E-state index in [1.165, 1.54) is 0 Å². The number of nitrogens with two attached hydrogens (primary N) is 1. The Balaban J connectivity index is 2.71. The zero-order valence-electron chi connectivity index (χ0n) is 11.4. The first-order valence-electron chi connectivity index (χ1n) is 6.23. The first-order valence-corrected chi connectivity index (χ1v) is 6.23. The summed E-state index contributed by atoms with van der Waals surface area (Å²) in [6, 6.07) is 0. The molecule has 1 amide bonds. The molecule has 1 heterocycles. The Morgan fingerprint density at radius 3 is 2.67 bits per heavy atom. The third-order valence-corrected chi connectivity index (χ3v) is 3.09. The molecule has 1 aliphatic heterocycles. The van der Waals surface area contributed by atoms with Crippen molar-refractivity contribution in [3.05, 3.63) is 0 Å². The maximum atomic E-state index is 11.8. The SMILES string of the molecule is CC(C)(C)OC(=O)NC1(C(CN)CO)CCOC1. The van der Waals surface area contributed by atoms with Crippen molar-refractivity contribution in [1.82, 2.24) is 5.32 Å². The van der Waals surface area contributed by atoms with Crippen LogP contribution in [0, 0.1) is 5.92 Å². The first-order chi connectivity index (χ1) is 8.33. The predicted octanol–water partition coefficient (Wildman–Crippen LogP) is 0.237. The molecule has 6 nitrogen and oxygen atoms in total. The largest absolute Gasteiger partial charge is 0.444 e. The van der Waals surface area contributed by atoms with Gasteiger partial charge in [0.05, 0.1) is 12.1 Å². The summed E-state index contributed by atoms with van der Waals surface area (Å²) < 4.78 is 10.6. The Morgan fingerprint density at radius 2 is 2.28 bits per heavy atom. The van der Waals surface area contributed by atoms with Crippen LogP contribution < -0.4 is 11.1 Å². The number of aliphatic hydroxyl groups is 1. The minimum atomic E-state index is -0.619. The molecular weight excluding hydrogens is 236 g/mol. The van der Waals surface area contributed by atoms with Crippen LogP contribution in [0.25, 0.3) is 0 Å². The average molecular weight is 260 g/mol. The molecule has 0 aromatic carbocycles. The third-order valence-electron chi connectivity index (χ3n) is 3.09. The van der Waals surface area contributed by atoms with Gasteiger partial charge in [-0.15, -0.1) is 0 Å². The molecule has 6 heteroatoms. The summed E-state index contributed by atoms with van der Waals surface area (Å²) in [5.74, 6) is -0.229. The number of hydrogen-bond acceptors (Lipinski definition) is 5. The van der Waals surface area contributed by atoms with E-state index in [0.717, 1.165) is 0 Å². The molecule has 2 unspecified atom stereocenters. The second-order valence-electron chi connectivity index (χ2n) is 5.70. The number of nitrogens with one attached hydrogen (secondary N) is 1. The molecule has 0 spiro atoms. The lowest BCUT2D eigenvalue weighted by atomic mass is 9.83. The van der Waals surface area contributed by atoms with Gasteiger partial charge in [0.1, 0.15) is 5.60 Å². The zero-order chi connectivity index (χ0) is 13.8. The molecule has 1 saturated heterocycles. The molecule has 2 atom stereocenters. The Hall–Kier alpha value is -0.850. The van der Waals surface area contributed by atoms with Crippen molar-refractivity contribution in [2.75, 3.05) is 26.4 Å². The number of rotatable bonds is 4. The van der Waals surface area contributed by atoms with Crippen molar-refractivity contribution < 1.29 is 19.4 Å². The summed E-state index contributed by atoms with van der Waals surface area (Å²) in [5, 5.41) is 12.2. The van der Waals surface area contributed by atoms with Gasteiger partial charge in [0.2, 0.25) is 0 Å². The monoisotopic (exact) mass is 260 g/mol. The molecule has 0 aliphatic carbocycles. The fraction of sp³-hybridized carbons (Fsp3) is 0.917. The fourth-order valence-electron chi connectivity index (χ4n) is 2.09. The van der Waals surface area contributed by atoms with E-state index < -0.39 is 17.2 Å². The van der Waals surface area contributed by atoms with Gasteiger partial charge in [-0.25, -0.2) is 4.79 Å². The topological polar surface area (TPSA) is 93.8 Å². The molecule has 0 bridgehead atoms. The second-order valence-corrected chi connectivity index (χ2v) is 5.70. The van der Waals surface area contributed by atoms with Crippen LogP contribution in [0.5, 0.6) is 0 Å². The summed E-state index contributed by atoms with van der Waals surface area (Å²) in [6.45, 7) is 6.51. The molecule has 1 aliphatic rings. The minimum Gasteiger partial charge on any atom is -0.444 e. The zero-order valence-corrected chi connectivity index (χ0v) is 11.4. The van der Waals surface area contributed by atoms with Crippen LogP contribution >= 0.6 is 0 Å². The quantitative estimate of drug-likeness (QED) is 0.673. The molecule has 1 rings (SSSR count). The predicted molar refractivity (Wildman–Crippen MR) is 67.2 cm³/mol. The molecule has 0 aromatic rings. The van der Waals surface area contributed by atoms with E-state index in [4.69, 9.17) is 15.2 Å². The lowest BCUT2D eigenvalue weighted by Crippen LogP contribution is -2.58. The summed E-state index contributed by atoms with van der Waals surface area (Å²) >= 11 is 0. The Bertz CT molecular complexity index is 278. The highest BCUT2D eigenvalue weighted by Crippen LogP contribution is 2.27. The van der Waals surface area contributed by atoms with E-state index in [9.17, 15) is 9.90 Å². The van der Waals surface area contributed by atoms with E-state index in [0.29, 0.717) is 19.6 Å². The molecule has 0 saturated carbocycles. The van der Waals surface area contributed by atoms with Crippen LogP contribution in [0.3, 0.4) is 0 Å². The molecule has 0 aromatic heterocycles. The van der Waals surface area contributed by atoms with Crippen LogP contribution in [0.4, 0.5) is 4.79 Å². The number of hydrogen-bond donors (Lipinski definition) is 3. The third kappa shape index (κ3) is 3.83. The minimum absolute atomic E-state index is 0.0876. The van der Waals surface area contributed by atoms with Crippen LogP contribution in [-0.4, -0.2) is 48.7 Å². The van der Waals surface area contributed by atoms with Gasteiger partial charge in [0, 0.05) is 19.1 Å². The lowest BCUT2D eigenvalue weighted by Gasteiger charge is -2.36. The molecular formula is C12H24N2O4. The number of amides is 1. The van der Waals surface area contributed by atoms with Crippen molar-refractivity contribution in [2.45, 2.75) is 38.3 Å². The van der Waals surface area contributed by atoms with Crippen molar-refractivity contribution >= 4 is 6.09 Å². The average Bonchev–Trinajstić information content (AvgIpc) is 2.65. The van der Waals surface area contributed by atoms with Crippen LogP contribution in [0.1, 0.15) is 27.2 Å². The first kappa shape index (κ1) is 15.2. The van der Waals surface area contributed by atoms with Gasteiger partial charge < -0.3 is 25.6 Å². The number of alkyl carbamates (subject to hydrolysis) is 1. The standard InChI is InChI=1S/C12H24N2O4/c1-11(2,3)18-10(16)14-12(4-5-17-8-12)9(6-13)7-15/h9,15H,4-8,13H2,1-3H3,(H,14,16). The van der Waals surface area contributed by atoms with Gasteiger partial charge in [-0.2, -0.15) is 0 Å². The fourth-order valence-corrected chi connectivity index (χ4v) is 2.09. The highest BCUT2D eigenvalue weighted by atomic mass is 16.6. The van der Waals surface area contributed by atoms with Crippen LogP contribution in [0.15, 0.2) is 0 Å². The number of carbonyl (C=O) groups is 1. The van der Waals surface area contributed by atoms with E-state index in [1.54, 1.807) is 20.8 Å². The molecule has 0 radical (unpaired) electrons. The molecule has 106 valence electrons. The second kappa shape index (κ2) is 5.86. The Morgan fingerprint density at radius 1 is 1.61 bits per heavy atom. The Labute approximate surface area is 108 Å². The van der Waals surface area contributed by atoms with Crippen LogP contribution in [-0.2, 0) is 9.47 Å². The van der Waals surface area contributed by atoms with Gasteiger partial charge in [-0.3, -0.25) is 0 Å². The summed E-state index contributed by atoms with van der Waals surface area (Å²) in [7, 11) is 0. The van der Waals surface area contributed by atoms with Crippen molar-refractivity contribution in [2.24, 2.45) is 11.7 Å². The van der Waals surface area contributed by atoms with E-state index in [-0.39, 0.29) is 19.1 Å². The summed E-state index contributed by atoms with van der Waals surface area (Å²) in [6.07, 6.45) is 0.134. The van der Waals surface area contributed by atoms with E-state index in [1.807, 2.05) is 0 Å². The maximum absolute atomic E-state index is 11.8. The number of ether oxygens (including phenoxy) is 2. The van der Waals surface area contributed by atoms with Crippen molar-refractivity contribution in [3.8, 4) is 0 Å². The van der Waals surface area contributed by atoms with E-state index >= 15 is 0 Å². The highest BCUT2D eigenvalue weighted by Gasteiger charge is 2.43. The van der Waals surface area contributed by atoms with Crippen molar-refractivity contribution in [1.29, 1.82) is 0 Å². The van der Waals surface area contributed by atoms with Crippen molar-refractivity contribution in [3.63, 3.8) is 0 Å². The smallest absolute Gasteiger partial charge is 0.408 e. The molecule has 1 fully saturated rings. The van der Waals surface area contributed by atoms with Crippen LogP contribution in [0.2, 0.25) is 0 Å². The number of carbonyl (C=O) groups excluding carboxylic acids is 1. The normalized spacial score (nSPS) is 25.8. The summed E-state index contributed by atoms with van der Waals surface area (Å²) in [5.41, 5.74) is 4.47. The van der Waals surface area contributed by atoms with Gasteiger partial charge in [-0.05, 0) is 33.7 Å². The van der Waals surface area contributed by atoms with Gasteiger partial charge >= 0.3 is 6.09 Å². The maximum Gasteiger partial charge on any atom is 0.408 e. The molecule has 4 N–H and O–H groups in total. The lowest BCUT2D eigenvalue weighted by molar-refractivity contribution is 0.0338. The highest BCUT2D eigenvalue weighted by molar-refractivity contribution is 5.69.